The highest BCUT2D eigenvalue weighted by Crippen LogP contribution is 2.26. The van der Waals surface area contributed by atoms with Gasteiger partial charge in [0.1, 0.15) is 5.82 Å². The minimum Gasteiger partial charge on any atom is -0.332 e. The second-order valence-electron chi connectivity index (χ2n) is 6.35. The van der Waals surface area contributed by atoms with Crippen LogP contribution in [0.2, 0.25) is 0 Å². The smallest absolute Gasteiger partial charge is 0.175 e. The topological polar surface area (TPSA) is 36.4 Å². The van der Waals surface area contributed by atoms with Crippen molar-refractivity contribution in [1.82, 2.24) is 0 Å². The van der Waals surface area contributed by atoms with Gasteiger partial charge in [-0.3, -0.25) is 4.99 Å². The van der Waals surface area contributed by atoms with Gasteiger partial charge in [0.2, 0.25) is 0 Å². The van der Waals surface area contributed by atoms with Crippen molar-refractivity contribution in [2.24, 2.45) is 10.9 Å². The monoisotopic (exact) mass is 371 g/mol. The number of halogens is 1. The summed E-state index contributed by atoms with van der Waals surface area (Å²) in [5, 5.41) is 6.72. The van der Waals surface area contributed by atoms with Crippen LogP contribution in [0.1, 0.15) is 38.3 Å². The van der Waals surface area contributed by atoms with E-state index >= 15 is 0 Å². The Bertz CT molecular complexity index is 802. The molecule has 3 nitrogen and oxygen atoms in total. The van der Waals surface area contributed by atoms with Gasteiger partial charge < -0.3 is 10.6 Å². The first-order valence-corrected chi connectivity index (χ1v) is 9.35. The fourth-order valence-electron chi connectivity index (χ4n) is 2.46. The molecule has 2 aromatic carbocycles. The van der Waals surface area contributed by atoms with Gasteiger partial charge in [0.25, 0.3) is 0 Å². The van der Waals surface area contributed by atoms with E-state index in [2.05, 4.69) is 29.5 Å². The van der Waals surface area contributed by atoms with Crippen LogP contribution in [0.4, 0.5) is 21.5 Å². The Morgan fingerprint density at radius 3 is 2.62 bits per heavy atom. The van der Waals surface area contributed by atoms with Crippen molar-refractivity contribution in [3.63, 3.8) is 0 Å². The number of anilines is 2. The van der Waals surface area contributed by atoms with Crippen molar-refractivity contribution < 1.29 is 4.39 Å². The molecule has 1 atom stereocenters. The van der Waals surface area contributed by atoms with Gasteiger partial charge in [-0.25, -0.2) is 4.39 Å². The molecule has 138 valence electrons. The minimum absolute atomic E-state index is 0.287. The lowest BCUT2D eigenvalue weighted by molar-refractivity contribution is 0.628. The van der Waals surface area contributed by atoms with Crippen LogP contribution in [-0.2, 0) is 6.42 Å². The number of thiocarbonyl (C=S) groups is 1. The van der Waals surface area contributed by atoms with Crippen LogP contribution in [-0.4, -0.2) is 11.3 Å². The number of aliphatic imine (C=N–C) groups is 1. The predicted molar refractivity (Wildman–Crippen MR) is 114 cm³/mol. The van der Waals surface area contributed by atoms with Gasteiger partial charge in [0.15, 0.2) is 5.11 Å². The maximum atomic E-state index is 13.5. The van der Waals surface area contributed by atoms with Crippen LogP contribution in [0, 0.1) is 18.7 Å². The first-order chi connectivity index (χ1) is 12.4. The zero-order valence-electron chi connectivity index (χ0n) is 15.8. The summed E-state index contributed by atoms with van der Waals surface area (Å²) < 4.78 is 13.5. The summed E-state index contributed by atoms with van der Waals surface area (Å²) in [7, 11) is 0. The van der Waals surface area contributed by atoms with Crippen LogP contribution in [0.15, 0.2) is 41.4 Å². The Labute approximate surface area is 160 Å². The van der Waals surface area contributed by atoms with E-state index in [4.69, 9.17) is 12.2 Å². The van der Waals surface area contributed by atoms with Gasteiger partial charge in [0.05, 0.1) is 5.69 Å². The van der Waals surface area contributed by atoms with Gasteiger partial charge in [-0.2, -0.15) is 0 Å². The lowest BCUT2D eigenvalue weighted by Gasteiger charge is -2.15. The summed E-state index contributed by atoms with van der Waals surface area (Å²) in [6.45, 7) is 8.32. The van der Waals surface area contributed by atoms with Crippen molar-refractivity contribution in [2.75, 3.05) is 10.6 Å². The van der Waals surface area contributed by atoms with Crippen molar-refractivity contribution in [2.45, 2.75) is 40.5 Å². The van der Waals surface area contributed by atoms with Gasteiger partial charge in [-0.15, -0.1) is 0 Å². The number of nitrogens with one attached hydrogen (secondary N) is 2. The fourth-order valence-corrected chi connectivity index (χ4v) is 2.68. The third-order valence-corrected chi connectivity index (χ3v) is 4.57. The molecule has 2 aromatic rings. The van der Waals surface area contributed by atoms with Crippen molar-refractivity contribution in [3.05, 3.63) is 53.3 Å². The Kier molecular flexibility index (Phi) is 7.27. The SMILES string of the molecule is CCc1ccc(F)cc1NC(=S)Nc1cccc(N=CC(C)CC)c1C. The van der Waals surface area contributed by atoms with Crippen molar-refractivity contribution >= 4 is 40.6 Å². The predicted octanol–water partition coefficient (Wildman–Crippen LogP) is 6.25. The van der Waals surface area contributed by atoms with Crippen LogP contribution in [0.3, 0.4) is 0 Å². The van der Waals surface area contributed by atoms with Crippen LogP contribution in [0.25, 0.3) is 0 Å². The number of aryl methyl sites for hydroxylation is 1. The molecular weight excluding hydrogens is 345 g/mol. The lowest BCUT2D eigenvalue weighted by atomic mass is 10.1. The summed E-state index contributed by atoms with van der Waals surface area (Å²) >= 11 is 5.41. The molecule has 0 amide bonds. The first kappa shape index (κ1) is 20.0. The summed E-state index contributed by atoms with van der Waals surface area (Å²) in [6.07, 6.45) is 3.83. The van der Waals surface area contributed by atoms with E-state index in [0.717, 1.165) is 35.3 Å². The Hall–Kier alpha value is -2.27. The van der Waals surface area contributed by atoms with E-state index in [1.54, 1.807) is 6.07 Å². The highest BCUT2D eigenvalue weighted by molar-refractivity contribution is 7.80. The van der Waals surface area contributed by atoms with Crippen LogP contribution in [0.5, 0.6) is 0 Å². The molecule has 0 aromatic heterocycles. The molecule has 0 saturated carbocycles. The molecule has 0 fully saturated rings. The quantitative estimate of drug-likeness (QED) is 0.465. The average Bonchev–Trinajstić information content (AvgIpc) is 2.62. The summed E-state index contributed by atoms with van der Waals surface area (Å²) in [5.74, 6) is 0.152. The number of hydrogen-bond donors (Lipinski definition) is 2. The first-order valence-electron chi connectivity index (χ1n) is 8.94. The molecular formula is C21H26FN3S. The zero-order valence-corrected chi connectivity index (χ0v) is 16.6. The second-order valence-corrected chi connectivity index (χ2v) is 6.76. The van der Waals surface area contributed by atoms with E-state index in [-0.39, 0.29) is 5.82 Å². The third kappa shape index (κ3) is 5.36. The molecule has 0 spiro atoms. The molecule has 0 bridgehead atoms. The zero-order chi connectivity index (χ0) is 19.1. The molecule has 2 rings (SSSR count). The summed E-state index contributed by atoms with van der Waals surface area (Å²) in [5.41, 5.74) is 4.52. The molecule has 0 heterocycles. The average molecular weight is 372 g/mol. The van der Waals surface area contributed by atoms with E-state index < -0.39 is 0 Å². The highest BCUT2D eigenvalue weighted by Gasteiger charge is 2.08. The Morgan fingerprint density at radius 2 is 1.92 bits per heavy atom. The van der Waals surface area contributed by atoms with E-state index in [1.807, 2.05) is 38.3 Å². The third-order valence-electron chi connectivity index (χ3n) is 4.37. The number of nitrogens with zero attached hydrogens (tertiary/aromatic N) is 1. The maximum Gasteiger partial charge on any atom is 0.175 e. The van der Waals surface area contributed by atoms with Crippen LogP contribution >= 0.6 is 12.2 Å². The Balaban J connectivity index is 2.15. The normalized spacial score (nSPS) is 12.2. The van der Waals surface area contributed by atoms with Gasteiger partial charge in [0, 0.05) is 17.6 Å². The van der Waals surface area contributed by atoms with E-state index in [1.165, 1.54) is 12.1 Å². The largest absolute Gasteiger partial charge is 0.332 e. The highest BCUT2D eigenvalue weighted by atomic mass is 32.1. The van der Waals surface area contributed by atoms with Gasteiger partial charge in [-0.1, -0.05) is 32.9 Å². The number of rotatable bonds is 6. The molecule has 0 aliphatic carbocycles. The molecule has 0 aliphatic rings. The van der Waals surface area contributed by atoms with Crippen molar-refractivity contribution in [3.8, 4) is 0 Å². The molecule has 26 heavy (non-hydrogen) atoms. The fraction of sp³-hybridized carbons (Fsp3) is 0.333. The number of benzene rings is 2. The van der Waals surface area contributed by atoms with Gasteiger partial charge in [-0.05, 0) is 73.3 Å². The minimum atomic E-state index is -0.287. The van der Waals surface area contributed by atoms with Crippen LogP contribution < -0.4 is 10.6 Å². The molecule has 0 saturated heterocycles. The molecule has 1 unspecified atom stereocenters. The van der Waals surface area contributed by atoms with E-state index in [0.29, 0.717) is 16.7 Å². The maximum absolute atomic E-state index is 13.5. The van der Waals surface area contributed by atoms with E-state index in [9.17, 15) is 4.39 Å². The molecule has 0 radical (unpaired) electrons. The second kappa shape index (κ2) is 9.43. The summed E-state index contributed by atoms with van der Waals surface area (Å²) in [6, 6.07) is 10.6. The molecule has 2 N–H and O–H groups in total. The summed E-state index contributed by atoms with van der Waals surface area (Å²) in [4.78, 5) is 4.59. The lowest BCUT2D eigenvalue weighted by Crippen LogP contribution is -2.20. The standard InChI is InChI=1S/C21H26FN3S/c1-5-14(3)13-23-18-8-7-9-19(15(18)4)24-21(26)25-20-12-17(22)11-10-16(20)6-2/h7-14H,5-6H2,1-4H3,(H2,24,25,26). The number of hydrogen-bond acceptors (Lipinski definition) is 2. The molecule has 5 heteroatoms. The van der Waals surface area contributed by atoms with Crippen molar-refractivity contribution in [1.29, 1.82) is 0 Å². The van der Waals surface area contributed by atoms with Gasteiger partial charge >= 0.3 is 0 Å². The Morgan fingerprint density at radius 1 is 1.19 bits per heavy atom. The molecule has 0 aliphatic heterocycles.